The maximum absolute atomic E-state index is 9.37. The van der Waals surface area contributed by atoms with Crippen molar-refractivity contribution in [2.24, 2.45) is 11.7 Å². The lowest BCUT2D eigenvalue weighted by Gasteiger charge is -2.36. The van der Waals surface area contributed by atoms with Gasteiger partial charge in [0.15, 0.2) is 0 Å². The van der Waals surface area contributed by atoms with Crippen molar-refractivity contribution >= 4 is 0 Å². The molecule has 0 aromatic heterocycles. The van der Waals surface area contributed by atoms with Crippen LogP contribution in [0.25, 0.3) is 0 Å². The van der Waals surface area contributed by atoms with Crippen LogP contribution < -0.4 is 5.73 Å². The number of rotatable bonds is 2. The van der Waals surface area contributed by atoms with Gasteiger partial charge in [0.2, 0.25) is 0 Å². The number of hydrogen-bond donors (Lipinski definition) is 2. The van der Waals surface area contributed by atoms with Gasteiger partial charge in [-0.15, -0.1) is 0 Å². The van der Waals surface area contributed by atoms with Crippen LogP contribution in [0, 0.1) is 5.92 Å². The largest absolute Gasteiger partial charge is 0.394 e. The van der Waals surface area contributed by atoms with Crippen molar-refractivity contribution in [3.05, 3.63) is 0 Å². The highest BCUT2D eigenvalue weighted by atomic mass is 16.3. The SMILES string of the molecule is NC1(CO)CCC(N2CCC3CCCCC32)C1. The predicted molar refractivity (Wildman–Crippen MR) is 68.7 cm³/mol. The van der Waals surface area contributed by atoms with E-state index in [4.69, 9.17) is 5.73 Å². The van der Waals surface area contributed by atoms with Crippen LogP contribution in [0.1, 0.15) is 51.4 Å². The van der Waals surface area contributed by atoms with E-state index in [9.17, 15) is 5.11 Å². The first kappa shape index (κ1) is 11.9. The number of likely N-dealkylation sites (tertiary alicyclic amines) is 1. The molecule has 1 heterocycles. The standard InChI is InChI=1S/C14H26N2O/c15-14(10-17)7-5-12(9-14)16-8-6-11-3-1-2-4-13(11)16/h11-13,17H,1-10,15H2. The van der Waals surface area contributed by atoms with Gasteiger partial charge in [-0.05, 0) is 51.0 Å². The third-order valence-corrected chi connectivity index (χ3v) is 5.45. The quantitative estimate of drug-likeness (QED) is 0.766. The highest BCUT2D eigenvalue weighted by molar-refractivity contribution is 5.01. The van der Waals surface area contributed by atoms with Gasteiger partial charge in [-0.3, -0.25) is 4.90 Å². The second-order valence-corrected chi connectivity index (χ2v) is 6.56. The molecule has 0 bridgehead atoms. The van der Waals surface area contributed by atoms with E-state index in [0.717, 1.165) is 24.8 Å². The van der Waals surface area contributed by atoms with E-state index in [1.807, 2.05) is 0 Å². The van der Waals surface area contributed by atoms with Gasteiger partial charge >= 0.3 is 0 Å². The number of aliphatic hydroxyl groups is 1. The molecule has 1 aliphatic heterocycles. The van der Waals surface area contributed by atoms with Crippen LogP contribution in [0.3, 0.4) is 0 Å². The minimum Gasteiger partial charge on any atom is -0.394 e. The molecule has 3 N–H and O–H groups in total. The van der Waals surface area contributed by atoms with Crippen LogP contribution in [-0.2, 0) is 0 Å². The van der Waals surface area contributed by atoms with Gasteiger partial charge in [0.1, 0.15) is 0 Å². The summed E-state index contributed by atoms with van der Waals surface area (Å²) in [5, 5.41) is 9.37. The van der Waals surface area contributed by atoms with Crippen LogP contribution in [-0.4, -0.2) is 40.8 Å². The molecule has 3 fully saturated rings. The minimum atomic E-state index is -0.280. The monoisotopic (exact) mass is 238 g/mol. The summed E-state index contributed by atoms with van der Waals surface area (Å²) in [4.78, 5) is 2.74. The summed E-state index contributed by atoms with van der Waals surface area (Å²) in [7, 11) is 0. The van der Waals surface area contributed by atoms with Gasteiger partial charge in [-0.2, -0.15) is 0 Å². The summed E-state index contributed by atoms with van der Waals surface area (Å²) in [6, 6.07) is 1.50. The van der Waals surface area contributed by atoms with Crippen molar-refractivity contribution in [2.75, 3.05) is 13.2 Å². The van der Waals surface area contributed by atoms with Gasteiger partial charge < -0.3 is 10.8 Å². The Morgan fingerprint density at radius 2 is 2.00 bits per heavy atom. The fourth-order valence-corrected chi connectivity index (χ4v) is 4.45. The highest BCUT2D eigenvalue weighted by Gasteiger charge is 2.44. The fourth-order valence-electron chi connectivity index (χ4n) is 4.45. The normalized spacial score (nSPS) is 47.3. The third kappa shape index (κ3) is 2.13. The third-order valence-electron chi connectivity index (χ3n) is 5.45. The molecule has 3 rings (SSSR count). The van der Waals surface area contributed by atoms with E-state index in [1.165, 1.54) is 45.1 Å². The smallest absolute Gasteiger partial charge is 0.0611 e. The average molecular weight is 238 g/mol. The average Bonchev–Trinajstić information content (AvgIpc) is 2.93. The molecule has 17 heavy (non-hydrogen) atoms. The van der Waals surface area contributed by atoms with Crippen molar-refractivity contribution in [3.8, 4) is 0 Å². The van der Waals surface area contributed by atoms with Gasteiger partial charge in [0, 0.05) is 17.6 Å². The summed E-state index contributed by atoms with van der Waals surface area (Å²) < 4.78 is 0. The van der Waals surface area contributed by atoms with Gasteiger partial charge in [0.05, 0.1) is 6.61 Å². The highest BCUT2D eigenvalue weighted by Crippen LogP contribution is 2.41. The topological polar surface area (TPSA) is 49.5 Å². The predicted octanol–water partition coefficient (Wildman–Crippen LogP) is 1.49. The molecule has 0 aromatic rings. The molecule has 4 atom stereocenters. The number of hydrogen-bond acceptors (Lipinski definition) is 3. The molecule has 3 aliphatic rings. The second kappa shape index (κ2) is 4.52. The van der Waals surface area contributed by atoms with Gasteiger partial charge in [-0.25, -0.2) is 0 Å². The fraction of sp³-hybridized carbons (Fsp3) is 1.00. The Labute approximate surface area is 104 Å². The summed E-state index contributed by atoms with van der Waals surface area (Å²) in [5.41, 5.74) is 5.93. The first-order valence-corrected chi connectivity index (χ1v) is 7.37. The lowest BCUT2D eigenvalue weighted by molar-refractivity contribution is 0.123. The Morgan fingerprint density at radius 3 is 2.76 bits per heavy atom. The lowest BCUT2D eigenvalue weighted by atomic mass is 9.85. The Morgan fingerprint density at radius 1 is 1.18 bits per heavy atom. The van der Waals surface area contributed by atoms with E-state index in [2.05, 4.69) is 4.90 Å². The summed E-state index contributed by atoms with van der Waals surface area (Å²) in [6.07, 6.45) is 10.3. The molecular weight excluding hydrogens is 212 g/mol. The molecule has 98 valence electrons. The Bertz CT molecular complexity index is 283. The summed E-state index contributed by atoms with van der Waals surface area (Å²) >= 11 is 0. The number of nitrogens with zero attached hydrogens (tertiary/aromatic N) is 1. The van der Waals surface area contributed by atoms with E-state index in [1.54, 1.807) is 0 Å². The molecule has 3 heteroatoms. The number of fused-ring (bicyclic) bond motifs is 1. The van der Waals surface area contributed by atoms with Gasteiger partial charge in [0.25, 0.3) is 0 Å². The number of aliphatic hydroxyl groups excluding tert-OH is 1. The zero-order valence-corrected chi connectivity index (χ0v) is 10.8. The zero-order valence-electron chi connectivity index (χ0n) is 10.8. The van der Waals surface area contributed by atoms with Crippen LogP contribution in [0.4, 0.5) is 0 Å². The van der Waals surface area contributed by atoms with Crippen molar-refractivity contribution in [3.63, 3.8) is 0 Å². The Balaban J connectivity index is 1.65. The van der Waals surface area contributed by atoms with Crippen molar-refractivity contribution in [1.29, 1.82) is 0 Å². The molecule has 1 saturated heterocycles. The summed E-state index contributed by atoms with van der Waals surface area (Å²) in [6.45, 7) is 1.44. The molecule has 2 aliphatic carbocycles. The minimum absolute atomic E-state index is 0.158. The van der Waals surface area contributed by atoms with Crippen molar-refractivity contribution in [2.45, 2.75) is 69.0 Å². The molecular formula is C14H26N2O. The molecule has 0 radical (unpaired) electrons. The second-order valence-electron chi connectivity index (χ2n) is 6.56. The molecule has 4 unspecified atom stereocenters. The van der Waals surface area contributed by atoms with Crippen LogP contribution in [0.5, 0.6) is 0 Å². The van der Waals surface area contributed by atoms with E-state index in [-0.39, 0.29) is 12.1 Å². The van der Waals surface area contributed by atoms with Crippen LogP contribution in [0.15, 0.2) is 0 Å². The summed E-state index contributed by atoms with van der Waals surface area (Å²) in [5.74, 6) is 0.964. The molecule has 0 amide bonds. The van der Waals surface area contributed by atoms with E-state index in [0.29, 0.717) is 6.04 Å². The number of nitrogens with two attached hydrogens (primary N) is 1. The van der Waals surface area contributed by atoms with E-state index >= 15 is 0 Å². The molecule has 0 spiro atoms. The Hall–Kier alpha value is -0.120. The first-order valence-electron chi connectivity index (χ1n) is 7.37. The zero-order chi connectivity index (χ0) is 11.9. The van der Waals surface area contributed by atoms with Crippen LogP contribution in [0.2, 0.25) is 0 Å². The molecule has 0 aromatic carbocycles. The Kier molecular flexibility index (Phi) is 3.18. The maximum Gasteiger partial charge on any atom is 0.0611 e. The van der Waals surface area contributed by atoms with Crippen LogP contribution >= 0.6 is 0 Å². The van der Waals surface area contributed by atoms with E-state index < -0.39 is 0 Å². The van der Waals surface area contributed by atoms with Crippen molar-refractivity contribution < 1.29 is 5.11 Å². The van der Waals surface area contributed by atoms with Gasteiger partial charge in [-0.1, -0.05) is 12.8 Å². The lowest BCUT2D eigenvalue weighted by Crippen LogP contribution is -2.45. The molecule has 3 nitrogen and oxygen atoms in total. The van der Waals surface area contributed by atoms with Crippen molar-refractivity contribution in [1.82, 2.24) is 4.90 Å². The maximum atomic E-state index is 9.37. The molecule has 2 saturated carbocycles. The first-order chi connectivity index (χ1) is 8.22.